The van der Waals surface area contributed by atoms with E-state index in [1.807, 2.05) is 6.92 Å². The molecule has 194 valence electrons. The van der Waals surface area contributed by atoms with Crippen molar-refractivity contribution >= 4 is 25.8 Å². The Morgan fingerprint density at radius 3 is 2.67 bits per heavy atom. The van der Waals surface area contributed by atoms with Gasteiger partial charge in [-0.05, 0) is 80.8 Å². The molecule has 6 nitrogen and oxygen atoms in total. The number of hydrogen-bond donors (Lipinski definition) is 0. The van der Waals surface area contributed by atoms with Gasteiger partial charge in [-0.1, -0.05) is 33.4 Å². The third-order valence-electron chi connectivity index (χ3n) is 9.15. The number of pyridine rings is 1. The second kappa shape index (κ2) is 8.94. The Balaban J connectivity index is 1.54. The smallest absolute Gasteiger partial charge is 0.355 e. The lowest BCUT2D eigenvalue weighted by Gasteiger charge is -2.50. The standard InChI is InChI=1S/C29H40N2O4Si/c1-8-15-34-28(33)26-24-19(13-14-22-20(24)16-18-11-9-10-12-21(18)30-22)25-23(27(32)31(25)26)17(2)35-36(6,7)29(3,4)5/h8,16-17,19,23,25H,1,9-15H2,2-7H3/t17-,19+,23-,25-/m1/s1. The highest BCUT2D eigenvalue weighted by Crippen LogP contribution is 2.55. The van der Waals surface area contributed by atoms with Crippen LogP contribution in [0.3, 0.4) is 0 Å². The third kappa shape index (κ3) is 3.90. The average molecular weight is 509 g/mol. The Bertz CT molecular complexity index is 1150. The van der Waals surface area contributed by atoms with Gasteiger partial charge in [0.1, 0.15) is 12.3 Å². The summed E-state index contributed by atoms with van der Waals surface area (Å²) in [5, 5.41) is 0.0566. The number of nitrogens with zero attached hydrogens (tertiary/aromatic N) is 2. The summed E-state index contributed by atoms with van der Waals surface area (Å²) in [6.45, 7) is 17.0. The van der Waals surface area contributed by atoms with Crippen molar-refractivity contribution in [2.45, 2.75) is 96.5 Å². The number of carbonyl (C=O) groups is 2. The number of β-lactam (4-membered cyclic amide) rings is 1. The molecule has 4 aliphatic rings. The Morgan fingerprint density at radius 2 is 1.97 bits per heavy atom. The molecule has 0 N–H and O–H groups in total. The first-order valence-electron chi connectivity index (χ1n) is 13.5. The SMILES string of the molecule is C=CCOC(=O)C1=C2c3cc4c(nc3CC[C@@H]2[C@@H]2[C@@H]([C@@H](C)O[Si](C)(C)C(C)(C)C)C(=O)N12)CCCC4. The Kier molecular flexibility index (Phi) is 6.31. The van der Waals surface area contributed by atoms with Crippen LogP contribution in [0, 0.1) is 11.8 Å². The van der Waals surface area contributed by atoms with Crippen LogP contribution in [0.2, 0.25) is 18.1 Å². The minimum Gasteiger partial charge on any atom is -0.457 e. The summed E-state index contributed by atoms with van der Waals surface area (Å²) in [6, 6.07) is 2.20. The number of carbonyl (C=O) groups excluding carboxylic acids is 2. The number of fused-ring (bicyclic) bond motifs is 6. The van der Waals surface area contributed by atoms with Gasteiger partial charge in [0.2, 0.25) is 5.91 Å². The first-order chi connectivity index (χ1) is 17.0. The van der Waals surface area contributed by atoms with Gasteiger partial charge in [0.25, 0.3) is 0 Å². The largest absolute Gasteiger partial charge is 0.457 e. The first-order valence-corrected chi connectivity index (χ1v) is 16.4. The maximum Gasteiger partial charge on any atom is 0.355 e. The number of hydrogen-bond acceptors (Lipinski definition) is 5. The lowest BCUT2D eigenvalue weighted by Crippen LogP contribution is -2.65. The molecular formula is C29H40N2O4Si. The molecule has 3 heterocycles. The maximum absolute atomic E-state index is 13.7. The fourth-order valence-corrected chi connectivity index (χ4v) is 7.77. The van der Waals surface area contributed by atoms with Crippen LogP contribution < -0.4 is 0 Å². The zero-order chi connectivity index (χ0) is 26.0. The lowest BCUT2D eigenvalue weighted by atomic mass is 9.71. The minimum absolute atomic E-state index is 0.0221. The van der Waals surface area contributed by atoms with E-state index in [4.69, 9.17) is 14.1 Å². The highest BCUT2D eigenvalue weighted by molar-refractivity contribution is 6.74. The summed E-state index contributed by atoms with van der Waals surface area (Å²) in [5.41, 5.74) is 6.00. The van der Waals surface area contributed by atoms with Gasteiger partial charge in [0.15, 0.2) is 8.32 Å². The van der Waals surface area contributed by atoms with Crippen LogP contribution in [0.1, 0.15) is 69.5 Å². The van der Waals surface area contributed by atoms with Gasteiger partial charge in [-0.2, -0.15) is 0 Å². The van der Waals surface area contributed by atoms with Crippen molar-refractivity contribution in [3.8, 4) is 0 Å². The molecule has 0 bridgehead atoms. The summed E-state index contributed by atoms with van der Waals surface area (Å²) >= 11 is 0. The molecule has 0 unspecified atom stereocenters. The van der Waals surface area contributed by atoms with Crippen molar-refractivity contribution in [1.82, 2.24) is 9.88 Å². The molecule has 36 heavy (non-hydrogen) atoms. The first kappa shape index (κ1) is 25.4. The number of aryl methyl sites for hydroxylation is 3. The molecule has 5 rings (SSSR count). The average Bonchev–Trinajstić information content (AvgIpc) is 3.11. The van der Waals surface area contributed by atoms with Crippen molar-refractivity contribution in [2.24, 2.45) is 11.8 Å². The summed E-state index contributed by atoms with van der Waals surface area (Å²) in [4.78, 5) is 33.8. The Labute approximate surface area is 216 Å². The molecule has 1 fully saturated rings. The molecule has 2 aliphatic heterocycles. The Morgan fingerprint density at radius 1 is 1.25 bits per heavy atom. The van der Waals surface area contributed by atoms with Crippen LogP contribution in [0.15, 0.2) is 24.4 Å². The molecule has 1 amide bonds. The number of aromatic nitrogens is 1. The summed E-state index contributed by atoms with van der Waals surface area (Å²) in [6.07, 6.45) is 7.51. The third-order valence-corrected chi connectivity index (χ3v) is 13.7. The predicted octanol–water partition coefficient (Wildman–Crippen LogP) is 5.21. The molecule has 0 aromatic carbocycles. The van der Waals surface area contributed by atoms with E-state index in [1.54, 1.807) is 11.0 Å². The van der Waals surface area contributed by atoms with Crippen LogP contribution >= 0.6 is 0 Å². The van der Waals surface area contributed by atoms with Gasteiger partial charge in [0.05, 0.1) is 18.1 Å². The summed E-state index contributed by atoms with van der Waals surface area (Å²) in [5.74, 6) is -0.616. The van der Waals surface area contributed by atoms with E-state index < -0.39 is 14.3 Å². The molecule has 1 aromatic rings. The second-order valence-electron chi connectivity index (χ2n) is 12.4. The zero-order valence-electron chi connectivity index (χ0n) is 22.6. The van der Waals surface area contributed by atoms with Crippen LogP contribution in [0.4, 0.5) is 0 Å². The monoisotopic (exact) mass is 508 g/mol. The fraction of sp³-hybridized carbons (Fsp3) is 0.621. The van der Waals surface area contributed by atoms with E-state index in [0.29, 0.717) is 5.70 Å². The van der Waals surface area contributed by atoms with Crippen molar-refractivity contribution in [3.63, 3.8) is 0 Å². The molecule has 7 heteroatoms. The Hall–Kier alpha value is -2.25. The molecular weight excluding hydrogens is 468 g/mol. The quantitative estimate of drug-likeness (QED) is 0.228. The molecule has 1 aromatic heterocycles. The van der Waals surface area contributed by atoms with Gasteiger partial charge in [-0.3, -0.25) is 9.78 Å². The maximum atomic E-state index is 13.7. The van der Waals surface area contributed by atoms with Crippen molar-refractivity contribution in [1.29, 1.82) is 0 Å². The van der Waals surface area contributed by atoms with E-state index in [1.165, 1.54) is 24.1 Å². The normalized spacial score (nSPS) is 25.9. The van der Waals surface area contributed by atoms with Gasteiger partial charge >= 0.3 is 5.97 Å². The van der Waals surface area contributed by atoms with Crippen LogP contribution in [0.25, 0.3) is 5.57 Å². The molecule has 2 aliphatic carbocycles. The number of esters is 1. The van der Waals surface area contributed by atoms with Crippen LogP contribution in [-0.4, -0.2) is 48.8 Å². The number of amides is 1. The summed E-state index contributed by atoms with van der Waals surface area (Å²) in [7, 11) is -2.06. The number of ether oxygens (including phenoxy) is 1. The minimum atomic E-state index is -2.06. The highest BCUT2D eigenvalue weighted by atomic mass is 28.4. The van der Waals surface area contributed by atoms with Crippen molar-refractivity contribution < 1.29 is 18.8 Å². The van der Waals surface area contributed by atoms with Gasteiger partial charge < -0.3 is 14.1 Å². The highest BCUT2D eigenvalue weighted by Gasteiger charge is 2.63. The van der Waals surface area contributed by atoms with Crippen molar-refractivity contribution in [3.05, 3.63) is 46.9 Å². The van der Waals surface area contributed by atoms with Gasteiger partial charge in [0, 0.05) is 22.9 Å². The molecule has 0 saturated carbocycles. The van der Waals surface area contributed by atoms with Crippen LogP contribution in [0.5, 0.6) is 0 Å². The number of rotatable bonds is 6. The van der Waals surface area contributed by atoms with E-state index in [0.717, 1.165) is 42.5 Å². The zero-order valence-corrected chi connectivity index (χ0v) is 23.6. The summed E-state index contributed by atoms with van der Waals surface area (Å²) < 4.78 is 12.2. The fourth-order valence-electron chi connectivity index (χ4n) is 6.34. The van der Waals surface area contributed by atoms with E-state index >= 15 is 0 Å². The lowest BCUT2D eigenvalue weighted by molar-refractivity contribution is -0.163. The molecule has 1 saturated heterocycles. The molecule has 0 radical (unpaired) electrons. The van der Waals surface area contributed by atoms with E-state index in [9.17, 15) is 9.59 Å². The van der Waals surface area contributed by atoms with Gasteiger partial charge in [-0.25, -0.2) is 4.79 Å². The predicted molar refractivity (Wildman–Crippen MR) is 143 cm³/mol. The van der Waals surface area contributed by atoms with E-state index in [-0.39, 0.29) is 41.5 Å². The van der Waals surface area contributed by atoms with Crippen LogP contribution in [-0.2, 0) is 38.0 Å². The second-order valence-corrected chi connectivity index (χ2v) is 17.2. The van der Waals surface area contributed by atoms with Gasteiger partial charge in [-0.15, -0.1) is 0 Å². The molecule has 0 spiro atoms. The van der Waals surface area contributed by atoms with E-state index in [2.05, 4.69) is 46.5 Å². The van der Waals surface area contributed by atoms with Crippen molar-refractivity contribution in [2.75, 3.05) is 6.61 Å². The molecule has 4 atom stereocenters. The topological polar surface area (TPSA) is 68.7 Å².